The lowest BCUT2D eigenvalue weighted by Gasteiger charge is -2.25. The molecule has 112 valence electrons. The molecule has 0 fully saturated rings. The molecule has 3 heteroatoms. The Morgan fingerprint density at radius 1 is 1.20 bits per heavy atom. The van der Waals surface area contributed by atoms with Crippen molar-refractivity contribution in [2.24, 2.45) is 0 Å². The third kappa shape index (κ3) is 5.33. The summed E-state index contributed by atoms with van der Waals surface area (Å²) in [7, 11) is 1.63. The molecule has 0 aliphatic carbocycles. The zero-order valence-corrected chi connectivity index (χ0v) is 13.2. The number of carbonyl (C=O) groups excluding carboxylic acids is 1. The number of benzene rings is 1. The number of ether oxygens (including phenoxy) is 1. The molecule has 0 saturated carbocycles. The monoisotopic (exact) mass is 277 g/mol. The molecule has 1 aromatic rings. The highest BCUT2D eigenvalue weighted by Crippen LogP contribution is 2.13. The minimum Gasteiger partial charge on any atom is -0.497 e. The summed E-state index contributed by atoms with van der Waals surface area (Å²) in [4.78, 5) is 14.6. The van der Waals surface area contributed by atoms with Gasteiger partial charge in [-0.25, -0.2) is 0 Å². The minimum absolute atomic E-state index is 0.179. The van der Waals surface area contributed by atoms with Gasteiger partial charge >= 0.3 is 0 Å². The van der Waals surface area contributed by atoms with Crippen LogP contribution in [0.15, 0.2) is 24.3 Å². The third-order valence-electron chi connectivity index (χ3n) is 3.54. The minimum atomic E-state index is 0.179. The largest absolute Gasteiger partial charge is 0.497 e. The molecule has 0 radical (unpaired) electrons. The van der Waals surface area contributed by atoms with Crippen molar-refractivity contribution in [3.63, 3.8) is 0 Å². The van der Waals surface area contributed by atoms with Gasteiger partial charge in [0, 0.05) is 11.6 Å². The highest BCUT2D eigenvalue weighted by Gasteiger charge is 2.15. The van der Waals surface area contributed by atoms with Crippen LogP contribution in [0.4, 0.5) is 0 Å². The highest BCUT2D eigenvalue weighted by molar-refractivity contribution is 5.97. The van der Waals surface area contributed by atoms with Crippen LogP contribution in [0.1, 0.15) is 50.4 Å². The van der Waals surface area contributed by atoms with Gasteiger partial charge in [0.2, 0.25) is 0 Å². The molecule has 0 unspecified atom stereocenters. The van der Waals surface area contributed by atoms with Crippen LogP contribution in [0, 0.1) is 0 Å². The van der Waals surface area contributed by atoms with E-state index in [1.54, 1.807) is 7.11 Å². The predicted molar refractivity (Wildman–Crippen MR) is 83.6 cm³/mol. The van der Waals surface area contributed by atoms with Gasteiger partial charge in [-0.2, -0.15) is 0 Å². The Kier molecular flexibility index (Phi) is 7.31. The van der Waals surface area contributed by atoms with E-state index in [1.165, 1.54) is 12.8 Å². The molecule has 0 saturated heterocycles. The number of hydrogen-bond acceptors (Lipinski definition) is 3. The first-order chi connectivity index (χ1) is 9.58. The Labute approximate surface area is 122 Å². The van der Waals surface area contributed by atoms with Gasteiger partial charge in [0.15, 0.2) is 5.78 Å². The summed E-state index contributed by atoms with van der Waals surface area (Å²) in [6.07, 6.45) is 3.59. The smallest absolute Gasteiger partial charge is 0.176 e. The fourth-order valence-electron chi connectivity index (χ4n) is 2.14. The van der Waals surface area contributed by atoms with Crippen molar-refractivity contribution in [1.82, 2.24) is 4.90 Å². The van der Waals surface area contributed by atoms with Crippen LogP contribution in [0.3, 0.4) is 0 Å². The van der Waals surface area contributed by atoms with Crippen molar-refractivity contribution >= 4 is 5.78 Å². The lowest BCUT2D eigenvalue weighted by Crippen LogP contribution is -2.36. The number of Topliss-reactive ketones (excluding diaryl/α,β-unsaturated/α-hetero) is 1. The molecule has 0 N–H and O–H groups in total. The Morgan fingerprint density at radius 3 is 2.35 bits per heavy atom. The molecule has 20 heavy (non-hydrogen) atoms. The van der Waals surface area contributed by atoms with Crippen LogP contribution in [-0.2, 0) is 0 Å². The number of unbranched alkanes of at least 4 members (excludes halogenated alkanes) is 2. The second-order valence-electron chi connectivity index (χ2n) is 5.42. The summed E-state index contributed by atoms with van der Waals surface area (Å²) in [6, 6.07) is 7.75. The quantitative estimate of drug-likeness (QED) is 0.508. The molecule has 0 heterocycles. The summed E-state index contributed by atoms with van der Waals surface area (Å²) in [5, 5.41) is 0. The van der Waals surface area contributed by atoms with Gasteiger partial charge in [-0.3, -0.25) is 9.69 Å². The van der Waals surface area contributed by atoms with Crippen LogP contribution in [0.2, 0.25) is 0 Å². The average Bonchev–Trinajstić information content (AvgIpc) is 2.46. The Bertz CT molecular complexity index is 398. The van der Waals surface area contributed by atoms with E-state index in [0.717, 1.165) is 24.3 Å². The third-order valence-corrected chi connectivity index (χ3v) is 3.54. The summed E-state index contributed by atoms with van der Waals surface area (Å²) in [6.45, 7) is 7.98. The predicted octanol–water partition coefficient (Wildman–Crippen LogP) is 3.78. The van der Waals surface area contributed by atoms with Crippen LogP contribution < -0.4 is 4.74 Å². The molecule has 0 aliphatic rings. The van der Waals surface area contributed by atoms with Crippen molar-refractivity contribution in [2.45, 2.75) is 46.1 Å². The van der Waals surface area contributed by atoms with E-state index in [4.69, 9.17) is 4.74 Å². The Balaban J connectivity index is 2.59. The average molecular weight is 277 g/mol. The van der Waals surface area contributed by atoms with Crippen LogP contribution in [0.5, 0.6) is 5.75 Å². The molecule has 0 amide bonds. The number of rotatable bonds is 9. The van der Waals surface area contributed by atoms with Gasteiger partial charge in [-0.05, 0) is 51.1 Å². The zero-order valence-electron chi connectivity index (χ0n) is 13.2. The first-order valence-corrected chi connectivity index (χ1v) is 7.49. The molecular weight excluding hydrogens is 250 g/mol. The van der Waals surface area contributed by atoms with Gasteiger partial charge in [-0.1, -0.05) is 19.8 Å². The van der Waals surface area contributed by atoms with Gasteiger partial charge in [0.25, 0.3) is 0 Å². The van der Waals surface area contributed by atoms with Crippen LogP contribution in [-0.4, -0.2) is 36.9 Å². The second-order valence-corrected chi connectivity index (χ2v) is 5.42. The summed E-state index contributed by atoms with van der Waals surface area (Å²) < 4.78 is 5.11. The van der Waals surface area contributed by atoms with Gasteiger partial charge in [-0.15, -0.1) is 0 Å². The zero-order chi connectivity index (χ0) is 15.0. The topological polar surface area (TPSA) is 29.5 Å². The molecule has 0 bridgehead atoms. The molecule has 0 aromatic heterocycles. The van der Waals surface area contributed by atoms with E-state index in [2.05, 4.69) is 25.7 Å². The number of hydrogen-bond donors (Lipinski definition) is 0. The second kappa shape index (κ2) is 8.75. The molecule has 0 spiro atoms. The van der Waals surface area contributed by atoms with E-state index in [0.29, 0.717) is 12.6 Å². The summed E-state index contributed by atoms with van der Waals surface area (Å²) in [5.74, 6) is 0.961. The van der Waals surface area contributed by atoms with E-state index in [-0.39, 0.29) is 5.78 Å². The fourth-order valence-corrected chi connectivity index (χ4v) is 2.14. The SMILES string of the molecule is CCCCCN(CC(=O)c1ccc(OC)cc1)C(C)C. The molecule has 1 aromatic carbocycles. The van der Waals surface area contributed by atoms with Crippen molar-refractivity contribution in [1.29, 1.82) is 0 Å². The van der Waals surface area contributed by atoms with Gasteiger partial charge < -0.3 is 4.74 Å². The first kappa shape index (κ1) is 16.7. The van der Waals surface area contributed by atoms with E-state index in [1.807, 2.05) is 24.3 Å². The van der Waals surface area contributed by atoms with E-state index < -0.39 is 0 Å². The number of nitrogens with zero attached hydrogens (tertiary/aromatic N) is 1. The first-order valence-electron chi connectivity index (χ1n) is 7.49. The lowest BCUT2D eigenvalue weighted by molar-refractivity contribution is 0.0904. The summed E-state index contributed by atoms with van der Waals surface area (Å²) >= 11 is 0. The Morgan fingerprint density at radius 2 is 1.85 bits per heavy atom. The fraction of sp³-hybridized carbons (Fsp3) is 0.588. The molecular formula is C17H27NO2. The lowest BCUT2D eigenvalue weighted by atomic mass is 10.1. The number of ketones is 1. The standard InChI is InChI=1S/C17H27NO2/c1-5-6-7-12-18(14(2)3)13-17(19)15-8-10-16(20-4)11-9-15/h8-11,14H,5-7,12-13H2,1-4H3. The van der Waals surface area contributed by atoms with E-state index >= 15 is 0 Å². The summed E-state index contributed by atoms with van der Waals surface area (Å²) in [5.41, 5.74) is 0.756. The molecule has 0 atom stereocenters. The molecule has 3 nitrogen and oxygen atoms in total. The normalized spacial score (nSPS) is 11.1. The van der Waals surface area contributed by atoms with Crippen LogP contribution in [0.25, 0.3) is 0 Å². The van der Waals surface area contributed by atoms with Gasteiger partial charge in [0.1, 0.15) is 5.75 Å². The maximum Gasteiger partial charge on any atom is 0.176 e. The number of methoxy groups -OCH3 is 1. The maximum atomic E-state index is 12.3. The van der Waals surface area contributed by atoms with E-state index in [9.17, 15) is 4.79 Å². The Hall–Kier alpha value is -1.35. The van der Waals surface area contributed by atoms with Crippen LogP contribution >= 0.6 is 0 Å². The molecule has 0 aliphatic heterocycles. The molecule has 1 rings (SSSR count). The highest BCUT2D eigenvalue weighted by atomic mass is 16.5. The van der Waals surface area contributed by atoms with Crippen molar-refractivity contribution in [3.8, 4) is 5.75 Å². The van der Waals surface area contributed by atoms with Crippen molar-refractivity contribution in [2.75, 3.05) is 20.2 Å². The van der Waals surface area contributed by atoms with Crippen molar-refractivity contribution in [3.05, 3.63) is 29.8 Å². The van der Waals surface area contributed by atoms with Gasteiger partial charge in [0.05, 0.1) is 13.7 Å². The van der Waals surface area contributed by atoms with Crippen molar-refractivity contribution < 1.29 is 9.53 Å². The maximum absolute atomic E-state index is 12.3. The number of carbonyl (C=O) groups is 1.